The number of carbonyl (C=O) groups excluding carboxylic acids is 2. The molecule has 7 heteroatoms. The van der Waals surface area contributed by atoms with Crippen LogP contribution in [0.1, 0.15) is 78.8 Å². The predicted molar refractivity (Wildman–Crippen MR) is 133 cm³/mol. The van der Waals surface area contributed by atoms with Crippen molar-refractivity contribution < 1.29 is 9.59 Å². The Labute approximate surface area is 207 Å². The summed E-state index contributed by atoms with van der Waals surface area (Å²) in [5, 5.41) is 3.29. The van der Waals surface area contributed by atoms with E-state index in [0.29, 0.717) is 28.5 Å². The van der Waals surface area contributed by atoms with Gasteiger partial charge >= 0.3 is 0 Å². The highest BCUT2D eigenvalue weighted by atomic mass is 16.2. The van der Waals surface area contributed by atoms with E-state index in [2.05, 4.69) is 15.2 Å². The number of pyridine rings is 1. The first-order valence-corrected chi connectivity index (χ1v) is 13.8. The van der Waals surface area contributed by atoms with Gasteiger partial charge in [0, 0.05) is 31.9 Å². The van der Waals surface area contributed by atoms with Gasteiger partial charge in [0.05, 0.1) is 0 Å². The fraction of sp³-hybridized carbons (Fsp3) is 0.679. The SMILES string of the molecule is O=C(NCC12CC3CC(CC(C3)C1)C2)c1cccc2nc(C(=O)N3CCC(N4CCCC4)C3)cn12. The van der Waals surface area contributed by atoms with E-state index in [9.17, 15) is 9.59 Å². The lowest BCUT2D eigenvalue weighted by molar-refractivity contribution is -0.0503. The summed E-state index contributed by atoms with van der Waals surface area (Å²) < 4.78 is 1.80. The normalized spacial score (nSPS) is 34.2. The van der Waals surface area contributed by atoms with Crippen molar-refractivity contribution >= 4 is 17.5 Å². The molecule has 35 heavy (non-hydrogen) atoms. The lowest BCUT2D eigenvalue weighted by Crippen LogP contribution is -2.51. The molecule has 6 fully saturated rings. The minimum absolute atomic E-state index is 0.0182. The Hall–Kier alpha value is -2.41. The van der Waals surface area contributed by atoms with Gasteiger partial charge in [-0.15, -0.1) is 0 Å². The minimum atomic E-state index is -0.0574. The number of hydrogen-bond acceptors (Lipinski definition) is 4. The summed E-state index contributed by atoms with van der Waals surface area (Å²) >= 11 is 0. The lowest BCUT2D eigenvalue weighted by Gasteiger charge is -2.56. The summed E-state index contributed by atoms with van der Waals surface area (Å²) in [5.74, 6) is 2.55. The maximum Gasteiger partial charge on any atom is 0.274 e. The predicted octanol–water partition coefficient (Wildman–Crippen LogP) is 3.59. The van der Waals surface area contributed by atoms with Crippen LogP contribution >= 0.6 is 0 Å². The monoisotopic (exact) mass is 475 g/mol. The maximum absolute atomic E-state index is 13.3. The number of hydrogen-bond donors (Lipinski definition) is 1. The third-order valence-corrected chi connectivity index (χ3v) is 9.84. The van der Waals surface area contributed by atoms with Crippen LogP contribution in [0.15, 0.2) is 24.4 Å². The van der Waals surface area contributed by atoms with Crippen molar-refractivity contribution in [2.24, 2.45) is 23.2 Å². The van der Waals surface area contributed by atoms with E-state index >= 15 is 0 Å². The quantitative estimate of drug-likeness (QED) is 0.718. The van der Waals surface area contributed by atoms with Crippen molar-refractivity contribution in [3.05, 3.63) is 35.8 Å². The summed E-state index contributed by atoms with van der Waals surface area (Å²) in [5.41, 5.74) is 1.96. The molecule has 2 saturated heterocycles. The molecule has 186 valence electrons. The fourth-order valence-corrected chi connectivity index (χ4v) is 8.66. The second-order valence-electron chi connectivity index (χ2n) is 12.3. The molecule has 1 atom stereocenters. The highest BCUT2D eigenvalue weighted by Crippen LogP contribution is 2.59. The standard InChI is InChI=1S/C28H37N5O2/c34-26(29-18-28-13-19-10-20(14-28)12-21(11-19)15-28)24-4-3-5-25-30-23(17-33(24)25)27(35)32-9-6-22(16-32)31-7-1-2-8-31/h3-5,17,19-22H,1-2,6-16,18H2,(H,29,34). The maximum atomic E-state index is 13.3. The number of fused-ring (bicyclic) bond motifs is 1. The molecule has 2 aromatic heterocycles. The molecule has 4 saturated carbocycles. The van der Waals surface area contributed by atoms with Crippen LogP contribution in [0.5, 0.6) is 0 Å². The summed E-state index contributed by atoms with van der Waals surface area (Å²) in [7, 11) is 0. The van der Waals surface area contributed by atoms with Gasteiger partial charge in [-0.25, -0.2) is 4.98 Å². The van der Waals surface area contributed by atoms with Crippen molar-refractivity contribution in [3.8, 4) is 0 Å². The third kappa shape index (κ3) is 3.87. The first-order valence-electron chi connectivity index (χ1n) is 13.8. The van der Waals surface area contributed by atoms with E-state index in [0.717, 1.165) is 56.9 Å². The molecule has 0 spiro atoms. The Balaban J connectivity index is 1.06. The second-order valence-corrected chi connectivity index (χ2v) is 12.3. The highest BCUT2D eigenvalue weighted by molar-refractivity contribution is 5.95. The number of aromatic nitrogens is 2. The molecule has 4 bridgehead atoms. The highest BCUT2D eigenvalue weighted by Gasteiger charge is 2.50. The van der Waals surface area contributed by atoms with Gasteiger partial charge in [-0.05, 0) is 106 Å². The van der Waals surface area contributed by atoms with Crippen molar-refractivity contribution in [2.45, 2.75) is 63.8 Å². The fourth-order valence-electron chi connectivity index (χ4n) is 8.66. The van der Waals surface area contributed by atoms with Crippen molar-refractivity contribution in [1.29, 1.82) is 0 Å². The van der Waals surface area contributed by atoms with Crippen LogP contribution in [-0.2, 0) is 0 Å². The Morgan fingerprint density at radius 2 is 1.71 bits per heavy atom. The second kappa shape index (κ2) is 8.32. The Bertz CT molecular complexity index is 1110. The van der Waals surface area contributed by atoms with Crippen LogP contribution in [0.25, 0.3) is 5.65 Å². The van der Waals surface area contributed by atoms with E-state index in [4.69, 9.17) is 0 Å². The van der Waals surface area contributed by atoms with Crippen molar-refractivity contribution in [3.63, 3.8) is 0 Å². The van der Waals surface area contributed by atoms with Gasteiger partial charge in [-0.1, -0.05) is 6.07 Å². The molecule has 2 amide bonds. The van der Waals surface area contributed by atoms with Crippen molar-refractivity contribution in [2.75, 3.05) is 32.7 Å². The number of imidazole rings is 1. The van der Waals surface area contributed by atoms with Crippen LogP contribution in [0.3, 0.4) is 0 Å². The number of carbonyl (C=O) groups is 2. The largest absolute Gasteiger partial charge is 0.350 e. The van der Waals surface area contributed by atoms with E-state index in [-0.39, 0.29) is 11.8 Å². The average molecular weight is 476 g/mol. The van der Waals surface area contributed by atoms with Crippen LogP contribution in [-0.4, -0.2) is 69.8 Å². The average Bonchev–Trinajstić information content (AvgIpc) is 3.61. The van der Waals surface area contributed by atoms with Gasteiger partial charge in [0.15, 0.2) is 0 Å². The molecule has 4 heterocycles. The van der Waals surface area contributed by atoms with Crippen LogP contribution in [0.4, 0.5) is 0 Å². The van der Waals surface area contributed by atoms with Gasteiger partial charge in [0.2, 0.25) is 0 Å². The Morgan fingerprint density at radius 3 is 2.43 bits per heavy atom. The van der Waals surface area contributed by atoms with E-state index in [1.807, 2.05) is 23.1 Å². The van der Waals surface area contributed by atoms with Gasteiger partial charge in [-0.2, -0.15) is 0 Å². The molecule has 1 unspecified atom stereocenters. The molecule has 0 aromatic carbocycles. The number of rotatable bonds is 5. The number of likely N-dealkylation sites (tertiary alicyclic amines) is 2. The minimum Gasteiger partial charge on any atom is -0.350 e. The summed E-state index contributed by atoms with van der Waals surface area (Å²) in [6.45, 7) is 4.65. The van der Waals surface area contributed by atoms with Crippen LogP contribution in [0, 0.1) is 23.2 Å². The Morgan fingerprint density at radius 1 is 1.00 bits per heavy atom. The first kappa shape index (κ1) is 21.8. The number of amides is 2. The first-order chi connectivity index (χ1) is 17.1. The topological polar surface area (TPSA) is 70.0 Å². The van der Waals surface area contributed by atoms with Gasteiger partial charge < -0.3 is 10.2 Å². The molecule has 7 nitrogen and oxygen atoms in total. The molecule has 0 radical (unpaired) electrons. The molecule has 4 aliphatic carbocycles. The van der Waals surface area contributed by atoms with E-state index in [1.165, 1.54) is 51.4 Å². The smallest absolute Gasteiger partial charge is 0.274 e. The molecule has 2 aliphatic heterocycles. The number of nitrogens with one attached hydrogen (secondary N) is 1. The molecular formula is C28H37N5O2. The van der Waals surface area contributed by atoms with Crippen LogP contribution < -0.4 is 5.32 Å². The molecular weight excluding hydrogens is 438 g/mol. The zero-order valence-corrected chi connectivity index (χ0v) is 20.6. The van der Waals surface area contributed by atoms with Crippen LogP contribution in [0.2, 0.25) is 0 Å². The summed E-state index contributed by atoms with van der Waals surface area (Å²) in [6, 6.07) is 6.07. The van der Waals surface area contributed by atoms with Crippen molar-refractivity contribution in [1.82, 2.24) is 24.5 Å². The van der Waals surface area contributed by atoms with E-state index in [1.54, 1.807) is 10.6 Å². The Kier molecular flexibility index (Phi) is 5.19. The molecule has 6 aliphatic rings. The van der Waals surface area contributed by atoms with Gasteiger partial charge in [0.1, 0.15) is 17.0 Å². The summed E-state index contributed by atoms with van der Waals surface area (Å²) in [4.78, 5) is 35.7. The lowest BCUT2D eigenvalue weighted by atomic mass is 9.49. The van der Waals surface area contributed by atoms with Gasteiger partial charge in [-0.3, -0.25) is 18.9 Å². The molecule has 8 rings (SSSR count). The third-order valence-electron chi connectivity index (χ3n) is 9.84. The van der Waals surface area contributed by atoms with Gasteiger partial charge in [0.25, 0.3) is 11.8 Å². The molecule has 2 aromatic rings. The zero-order valence-electron chi connectivity index (χ0n) is 20.6. The summed E-state index contributed by atoms with van der Waals surface area (Å²) in [6.07, 6.45) is 13.4. The molecule has 1 N–H and O–H groups in total. The van der Waals surface area contributed by atoms with E-state index < -0.39 is 0 Å². The number of nitrogens with zero attached hydrogens (tertiary/aromatic N) is 4. The zero-order chi connectivity index (χ0) is 23.6.